The fourth-order valence-electron chi connectivity index (χ4n) is 6.67. The highest BCUT2D eigenvalue weighted by atomic mass is 16.6. The molecule has 0 bridgehead atoms. The number of carbonyl (C=O) groups excluding carboxylic acids is 6. The van der Waals surface area contributed by atoms with Crippen LogP contribution in [-0.4, -0.2) is 80.0 Å². The standard InChI is InChI=1S/C47H88N6O7/c1-6-8-10-11-12-13-14-15-16-17-18-19-20-21-22-28-37-50-45(58)40(31-25-29-35-48-39-54)52-42(55)33-23-24-34-43(56)53-41(44(57)49-36-27-9-7-2)32-26-30-38-51-46(59)60-47(3,4)5/h15-16,39-41H,6-14,17-38H2,1-5H3,(H,48,54)(H,49,57)(H,50,58)(H,51,59)(H,52,55)(H,53,56)/b16-15-. The summed E-state index contributed by atoms with van der Waals surface area (Å²) >= 11 is 0. The van der Waals surface area contributed by atoms with Crippen LogP contribution in [0.4, 0.5) is 4.79 Å². The SMILES string of the molecule is CCCCCCCC/C=C\CCCCCCCCNC(=O)C(CCCCNC=O)NC(=O)CCCCC(=O)NC(CCCCNC(=O)OC(C)(C)C)C(=O)NCCCCC. The number of hydrogen-bond donors (Lipinski definition) is 6. The van der Waals surface area contributed by atoms with Crippen LogP contribution in [-0.2, 0) is 28.7 Å². The van der Waals surface area contributed by atoms with Crippen molar-refractivity contribution in [3.8, 4) is 0 Å². The van der Waals surface area contributed by atoms with Gasteiger partial charge in [0.15, 0.2) is 0 Å². The van der Waals surface area contributed by atoms with Crippen molar-refractivity contribution >= 4 is 36.1 Å². The molecule has 0 aromatic heterocycles. The van der Waals surface area contributed by atoms with Gasteiger partial charge in [-0.15, -0.1) is 0 Å². The Morgan fingerprint density at radius 2 is 0.900 bits per heavy atom. The molecule has 0 saturated heterocycles. The van der Waals surface area contributed by atoms with E-state index in [-0.39, 0.29) is 36.5 Å². The number of rotatable bonds is 40. The van der Waals surface area contributed by atoms with Crippen molar-refractivity contribution < 1.29 is 33.5 Å². The maximum Gasteiger partial charge on any atom is 0.407 e. The Morgan fingerprint density at radius 1 is 0.500 bits per heavy atom. The molecule has 6 N–H and O–H groups in total. The van der Waals surface area contributed by atoms with E-state index in [1.165, 1.54) is 64.2 Å². The van der Waals surface area contributed by atoms with Crippen LogP contribution >= 0.6 is 0 Å². The van der Waals surface area contributed by atoms with Gasteiger partial charge in [-0.05, 0) is 111 Å². The molecule has 60 heavy (non-hydrogen) atoms. The molecule has 0 radical (unpaired) electrons. The maximum absolute atomic E-state index is 13.1. The number of carbonyl (C=O) groups is 6. The molecule has 0 fully saturated rings. The van der Waals surface area contributed by atoms with Crippen molar-refractivity contribution in [3.63, 3.8) is 0 Å². The summed E-state index contributed by atoms with van der Waals surface area (Å²) in [5, 5.41) is 17.1. The lowest BCUT2D eigenvalue weighted by molar-refractivity contribution is -0.129. The molecule has 6 amide bonds. The highest BCUT2D eigenvalue weighted by Crippen LogP contribution is 2.11. The second-order valence-corrected chi connectivity index (χ2v) is 17.2. The minimum absolute atomic E-state index is 0.164. The summed E-state index contributed by atoms with van der Waals surface area (Å²) in [5.74, 6) is -0.928. The van der Waals surface area contributed by atoms with Gasteiger partial charge in [0, 0.05) is 39.0 Å². The van der Waals surface area contributed by atoms with Crippen LogP contribution in [0.3, 0.4) is 0 Å². The number of alkyl carbamates (subject to hydrolysis) is 1. The third-order valence-electron chi connectivity index (χ3n) is 10.2. The van der Waals surface area contributed by atoms with E-state index in [9.17, 15) is 28.8 Å². The summed E-state index contributed by atoms with van der Waals surface area (Å²) in [7, 11) is 0. The summed E-state index contributed by atoms with van der Waals surface area (Å²) in [5.41, 5.74) is -0.585. The van der Waals surface area contributed by atoms with E-state index in [1.807, 2.05) is 0 Å². The molecule has 0 spiro atoms. The van der Waals surface area contributed by atoms with Gasteiger partial charge in [-0.2, -0.15) is 0 Å². The van der Waals surface area contributed by atoms with Crippen LogP contribution in [0.1, 0.15) is 208 Å². The summed E-state index contributed by atoms with van der Waals surface area (Å²) < 4.78 is 5.26. The first-order valence-electron chi connectivity index (χ1n) is 23.9. The van der Waals surface area contributed by atoms with Crippen molar-refractivity contribution in [3.05, 3.63) is 12.2 Å². The fourth-order valence-corrected chi connectivity index (χ4v) is 6.67. The third-order valence-corrected chi connectivity index (χ3v) is 10.2. The lowest BCUT2D eigenvalue weighted by Crippen LogP contribution is -2.47. The molecule has 13 nitrogen and oxygen atoms in total. The van der Waals surface area contributed by atoms with Gasteiger partial charge in [-0.1, -0.05) is 96.6 Å². The molecule has 13 heteroatoms. The summed E-state index contributed by atoms with van der Waals surface area (Å²) in [6, 6.07) is -1.36. The Balaban J connectivity index is 4.63. The van der Waals surface area contributed by atoms with Gasteiger partial charge in [0.2, 0.25) is 30.0 Å². The average Bonchev–Trinajstić information content (AvgIpc) is 3.20. The zero-order valence-corrected chi connectivity index (χ0v) is 38.7. The molecule has 0 aromatic carbocycles. The van der Waals surface area contributed by atoms with E-state index in [0.29, 0.717) is 84.0 Å². The molecule has 0 aliphatic rings. The summed E-state index contributed by atoms with van der Waals surface area (Å²) in [6.07, 6.45) is 29.6. The van der Waals surface area contributed by atoms with Gasteiger partial charge in [0.05, 0.1) is 0 Å². The van der Waals surface area contributed by atoms with Gasteiger partial charge in [-0.25, -0.2) is 4.79 Å². The molecule has 0 heterocycles. The molecule has 0 saturated carbocycles. The maximum atomic E-state index is 13.1. The van der Waals surface area contributed by atoms with E-state index in [4.69, 9.17) is 4.74 Å². The second-order valence-electron chi connectivity index (χ2n) is 17.2. The number of allylic oxidation sites excluding steroid dienone is 2. The smallest absolute Gasteiger partial charge is 0.407 e. The number of hydrogen-bond acceptors (Lipinski definition) is 7. The fraction of sp³-hybridized carbons (Fsp3) is 0.830. The lowest BCUT2D eigenvalue weighted by Gasteiger charge is -2.20. The average molecular weight is 849 g/mol. The Kier molecular flexibility index (Phi) is 37.1. The van der Waals surface area contributed by atoms with Crippen LogP contribution in [0.2, 0.25) is 0 Å². The quantitative estimate of drug-likeness (QED) is 0.0203. The largest absolute Gasteiger partial charge is 0.444 e. The molecule has 0 rings (SSSR count). The first kappa shape index (κ1) is 56.4. The van der Waals surface area contributed by atoms with E-state index in [2.05, 4.69) is 57.9 Å². The first-order chi connectivity index (χ1) is 28.9. The predicted octanol–water partition coefficient (Wildman–Crippen LogP) is 8.59. The van der Waals surface area contributed by atoms with Crippen molar-refractivity contribution in [2.45, 2.75) is 226 Å². The van der Waals surface area contributed by atoms with Crippen LogP contribution in [0.25, 0.3) is 0 Å². The third kappa shape index (κ3) is 37.4. The van der Waals surface area contributed by atoms with Crippen molar-refractivity contribution in [1.29, 1.82) is 0 Å². The van der Waals surface area contributed by atoms with Crippen molar-refractivity contribution in [2.75, 3.05) is 26.2 Å². The van der Waals surface area contributed by atoms with Gasteiger partial charge in [0.1, 0.15) is 17.7 Å². The predicted molar refractivity (Wildman–Crippen MR) is 243 cm³/mol. The molecular formula is C47H88N6O7. The zero-order chi connectivity index (χ0) is 44.5. The molecule has 348 valence electrons. The van der Waals surface area contributed by atoms with Gasteiger partial charge in [0.25, 0.3) is 0 Å². The first-order valence-corrected chi connectivity index (χ1v) is 23.9. The monoisotopic (exact) mass is 849 g/mol. The number of amides is 6. The van der Waals surface area contributed by atoms with E-state index in [0.717, 1.165) is 44.9 Å². The van der Waals surface area contributed by atoms with Crippen molar-refractivity contribution in [2.24, 2.45) is 0 Å². The van der Waals surface area contributed by atoms with Crippen LogP contribution in [0, 0.1) is 0 Å². The molecule has 0 aliphatic heterocycles. The summed E-state index contributed by atoms with van der Waals surface area (Å²) in [6.45, 7) is 11.8. The van der Waals surface area contributed by atoms with E-state index < -0.39 is 23.8 Å². The zero-order valence-electron chi connectivity index (χ0n) is 38.7. The normalized spacial score (nSPS) is 12.3. The van der Waals surface area contributed by atoms with E-state index in [1.54, 1.807) is 20.8 Å². The lowest BCUT2D eigenvalue weighted by atomic mass is 10.1. The number of nitrogens with one attached hydrogen (secondary N) is 6. The minimum atomic E-state index is -0.693. The molecule has 2 unspecified atom stereocenters. The highest BCUT2D eigenvalue weighted by molar-refractivity contribution is 5.88. The van der Waals surface area contributed by atoms with E-state index >= 15 is 0 Å². The number of ether oxygens (including phenoxy) is 1. The molecule has 2 atom stereocenters. The Labute approximate surface area is 364 Å². The molecule has 0 aromatic rings. The Morgan fingerprint density at radius 3 is 1.38 bits per heavy atom. The van der Waals surface area contributed by atoms with Crippen LogP contribution < -0.4 is 31.9 Å². The van der Waals surface area contributed by atoms with Gasteiger partial charge in [-0.3, -0.25) is 24.0 Å². The topological polar surface area (TPSA) is 184 Å². The molecular weight excluding hydrogens is 761 g/mol. The highest BCUT2D eigenvalue weighted by Gasteiger charge is 2.22. The number of unbranched alkanes of at least 4 members (excludes halogenated alkanes) is 17. The van der Waals surface area contributed by atoms with Crippen LogP contribution in [0.5, 0.6) is 0 Å². The van der Waals surface area contributed by atoms with Gasteiger partial charge >= 0.3 is 6.09 Å². The Bertz CT molecular complexity index is 1160. The Hall–Kier alpha value is -3.64. The minimum Gasteiger partial charge on any atom is -0.444 e. The van der Waals surface area contributed by atoms with Crippen molar-refractivity contribution in [1.82, 2.24) is 31.9 Å². The van der Waals surface area contributed by atoms with Gasteiger partial charge < -0.3 is 36.6 Å². The summed E-state index contributed by atoms with van der Waals surface area (Å²) in [4.78, 5) is 74.4. The second kappa shape index (κ2) is 39.5. The van der Waals surface area contributed by atoms with Crippen LogP contribution in [0.15, 0.2) is 12.2 Å². The molecule has 0 aliphatic carbocycles.